The van der Waals surface area contributed by atoms with Crippen LogP contribution in [0.1, 0.15) is 43.7 Å². The Labute approximate surface area is 138 Å². The number of carbonyl (C=O) groups is 1. The third-order valence-electron chi connectivity index (χ3n) is 5.91. The van der Waals surface area contributed by atoms with Crippen LogP contribution >= 0.6 is 0 Å². The second kappa shape index (κ2) is 6.25. The van der Waals surface area contributed by atoms with Gasteiger partial charge in [0.25, 0.3) is 0 Å². The van der Waals surface area contributed by atoms with Crippen LogP contribution in [0, 0.1) is 0 Å². The van der Waals surface area contributed by atoms with Gasteiger partial charge < -0.3 is 10.6 Å². The van der Waals surface area contributed by atoms with E-state index in [1.807, 2.05) is 0 Å². The van der Waals surface area contributed by atoms with E-state index in [-0.39, 0.29) is 11.9 Å². The predicted octanol–water partition coefficient (Wildman–Crippen LogP) is 1.83. The minimum absolute atomic E-state index is 0.0455. The van der Waals surface area contributed by atoms with E-state index in [0.717, 1.165) is 32.4 Å². The van der Waals surface area contributed by atoms with Crippen LogP contribution in [0.3, 0.4) is 0 Å². The minimum Gasteiger partial charge on any atom is -0.352 e. The number of benzene rings is 1. The zero-order chi connectivity index (χ0) is 15.8. The summed E-state index contributed by atoms with van der Waals surface area (Å²) in [5.41, 5.74) is 2.81. The molecule has 1 amide bonds. The summed E-state index contributed by atoms with van der Waals surface area (Å²) in [6.45, 7) is 3.92. The maximum Gasteiger partial charge on any atom is 0.237 e. The van der Waals surface area contributed by atoms with Gasteiger partial charge in [-0.05, 0) is 50.2 Å². The summed E-state index contributed by atoms with van der Waals surface area (Å²) in [7, 11) is 0. The van der Waals surface area contributed by atoms with Gasteiger partial charge in [0, 0.05) is 31.2 Å². The molecule has 0 spiro atoms. The lowest BCUT2D eigenvalue weighted by molar-refractivity contribution is -0.127. The van der Waals surface area contributed by atoms with E-state index in [9.17, 15) is 4.79 Å². The predicted molar refractivity (Wildman–Crippen MR) is 91.1 cm³/mol. The Hall–Kier alpha value is -1.39. The number of amides is 1. The van der Waals surface area contributed by atoms with Crippen molar-refractivity contribution in [2.45, 2.75) is 69.7 Å². The lowest BCUT2D eigenvalue weighted by Gasteiger charge is -2.35. The van der Waals surface area contributed by atoms with Crippen LogP contribution in [-0.2, 0) is 17.8 Å². The first-order chi connectivity index (χ1) is 11.2. The number of carbonyl (C=O) groups excluding carboxylic acids is 1. The molecule has 0 saturated carbocycles. The van der Waals surface area contributed by atoms with Gasteiger partial charge in [-0.3, -0.25) is 9.69 Å². The fourth-order valence-electron chi connectivity index (χ4n) is 4.51. The molecule has 3 aliphatic heterocycles. The van der Waals surface area contributed by atoms with E-state index in [0.29, 0.717) is 18.1 Å². The lowest BCUT2D eigenvalue weighted by Crippen LogP contribution is -2.53. The van der Waals surface area contributed by atoms with Crippen LogP contribution in [0.5, 0.6) is 0 Å². The molecular weight excluding hydrogens is 286 g/mol. The average molecular weight is 313 g/mol. The number of nitrogens with one attached hydrogen (secondary N) is 2. The SMILES string of the molecule is CC(C(=O)NC1CC2CCC(C1)N2)N1CCc2ccccc2C1. The first kappa shape index (κ1) is 15.2. The molecule has 4 heteroatoms. The maximum atomic E-state index is 12.7. The summed E-state index contributed by atoms with van der Waals surface area (Å²) in [5.74, 6) is 0.204. The molecule has 0 aliphatic carbocycles. The summed E-state index contributed by atoms with van der Waals surface area (Å²) < 4.78 is 0. The fraction of sp³-hybridized carbons (Fsp3) is 0.632. The molecule has 3 unspecified atom stereocenters. The molecule has 2 saturated heterocycles. The zero-order valence-electron chi connectivity index (χ0n) is 13.9. The fourth-order valence-corrected chi connectivity index (χ4v) is 4.51. The Morgan fingerprint density at radius 1 is 1.22 bits per heavy atom. The first-order valence-electron chi connectivity index (χ1n) is 9.06. The van der Waals surface area contributed by atoms with Gasteiger partial charge in [0.05, 0.1) is 6.04 Å². The summed E-state index contributed by atoms with van der Waals surface area (Å²) in [6.07, 6.45) is 5.78. The maximum absolute atomic E-state index is 12.7. The third-order valence-corrected chi connectivity index (χ3v) is 5.91. The largest absolute Gasteiger partial charge is 0.352 e. The molecule has 3 atom stereocenters. The molecule has 2 N–H and O–H groups in total. The minimum atomic E-state index is -0.0455. The van der Waals surface area contributed by atoms with Crippen molar-refractivity contribution in [3.63, 3.8) is 0 Å². The van der Waals surface area contributed by atoms with Crippen LogP contribution in [-0.4, -0.2) is 41.5 Å². The van der Waals surface area contributed by atoms with E-state index in [1.54, 1.807) is 0 Å². The molecule has 23 heavy (non-hydrogen) atoms. The third kappa shape index (κ3) is 3.15. The summed E-state index contributed by atoms with van der Waals surface area (Å²) >= 11 is 0. The second-order valence-electron chi connectivity index (χ2n) is 7.48. The number of piperidine rings is 1. The highest BCUT2D eigenvalue weighted by atomic mass is 16.2. The summed E-state index contributed by atoms with van der Waals surface area (Å²) in [6, 6.07) is 10.2. The van der Waals surface area contributed by atoms with Crippen LogP contribution in [0.25, 0.3) is 0 Å². The standard InChI is InChI=1S/C19H27N3O/c1-13(22-9-8-14-4-2-3-5-15(14)12-22)19(23)21-18-10-16-6-7-17(11-18)20-16/h2-5,13,16-18,20H,6-12H2,1H3,(H,21,23). The van der Waals surface area contributed by atoms with Crippen molar-refractivity contribution < 1.29 is 4.79 Å². The van der Waals surface area contributed by atoms with Crippen molar-refractivity contribution in [1.29, 1.82) is 0 Å². The van der Waals surface area contributed by atoms with Crippen LogP contribution < -0.4 is 10.6 Å². The highest BCUT2D eigenvalue weighted by molar-refractivity contribution is 5.81. The molecule has 2 bridgehead atoms. The molecule has 1 aromatic rings. The molecule has 2 fully saturated rings. The average Bonchev–Trinajstić information content (AvgIpc) is 2.92. The molecule has 124 valence electrons. The van der Waals surface area contributed by atoms with Crippen LogP contribution in [0.4, 0.5) is 0 Å². The van der Waals surface area contributed by atoms with Gasteiger partial charge in [-0.1, -0.05) is 24.3 Å². The van der Waals surface area contributed by atoms with Gasteiger partial charge in [-0.15, -0.1) is 0 Å². The Bertz CT molecular complexity index is 576. The topological polar surface area (TPSA) is 44.4 Å². The van der Waals surface area contributed by atoms with E-state index in [2.05, 4.69) is 46.7 Å². The molecule has 0 radical (unpaired) electrons. The molecule has 4 nitrogen and oxygen atoms in total. The highest BCUT2D eigenvalue weighted by Gasteiger charge is 2.35. The first-order valence-corrected chi connectivity index (χ1v) is 9.06. The van der Waals surface area contributed by atoms with E-state index < -0.39 is 0 Å². The van der Waals surface area contributed by atoms with Crippen molar-refractivity contribution in [2.24, 2.45) is 0 Å². The van der Waals surface area contributed by atoms with Gasteiger partial charge in [0.15, 0.2) is 0 Å². The number of nitrogens with zero attached hydrogens (tertiary/aromatic N) is 1. The Morgan fingerprint density at radius 2 is 1.91 bits per heavy atom. The van der Waals surface area contributed by atoms with Gasteiger partial charge in [0.2, 0.25) is 5.91 Å². The van der Waals surface area contributed by atoms with Gasteiger partial charge in [-0.2, -0.15) is 0 Å². The highest BCUT2D eigenvalue weighted by Crippen LogP contribution is 2.27. The summed E-state index contributed by atoms with van der Waals surface area (Å²) in [4.78, 5) is 15.0. The zero-order valence-corrected chi connectivity index (χ0v) is 13.9. The van der Waals surface area contributed by atoms with Gasteiger partial charge in [-0.25, -0.2) is 0 Å². The number of fused-ring (bicyclic) bond motifs is 3. The van der Waals surface area contributed by atoms with E-state index >= 15 is 0 Å². The number of hydrogen-bond acceptors (Lipinski definition) is 3. The van der Waals surface area contributed by atoms with Crippen molar-refractivity contribution in [3.05, 3.63) is 35.4 Å². The quantitative estimate of drug-likeness (QED) is 0.895. The molecule has 3 aliphatic rings. The van der Waals surface area contributed by atoms with Gasteiger partial charge in [0.1, 0.15) is 0 Å². The van der Waals surface area contributed by atoms with Crippen LogP contribution in [0.2, 0.25) is 0 Å². The normalized spacial score (nSPS) is 31.4. The van der Waals surface area contributed by atoms with Crippen molar-refractivity contribution >= 4 is 5.91 Å². The Morgan fingerprint density at radius 3 is 2.65 bits per heavy atom. The lowest BCUT2D eigenvalue weighted by atomic mass is 9.97. The monoisotopic (exact) mass is 313 g/mol. The molecule has 0 aromatic heterocycles. The Kier molecular flexibility index (Phi) is 4.12. The van der Waals surface area contributed by atoms with Crippen molar-refractivity contribution in [2.75, 3.05) is 6.54 Å². The molecular formula is C19H27N3O. The van der Waals surface area contributed by atoms with Crippen LogP contribution in [0.15, 0.2) is 24.3 Å². The molecule has 3 heterocycles. The van der Waals surface area contributed by atoms with Crippen molar-refractivity contribution in [1.82, 2.24) is 15.5 Å². The van der Waals surface area contributed by atoms with Crippen molar-refractivity contribution in [3.8, 4) is 0 Å². The van der Waals surface area contributed by atoms with Gasteiger partial charge >= 0.3 is 0 Å². The summed E-state index contributed by atoms with van der Waals surface area (Å²) in [5, 5.41) is 6.96. The smallest absolute Gasteiger partial charge is 0.237 e. The van der Waals surface area contributed by atoms with E-state index in [1.165, 1.54) is 24.0 Å². The number of hydrogen-bond donors (Lipinski definition) is 2. The Balaban J connectivity index is 1.35. The second-order valence-corrected chi connectivity index (χ2v) is 7.48. The molecule has 1 aromatic carbocycles. The molecule has 4 rings (SSSR count). The van der Waals surface area contributed by atoms with E-state index in [4.69, 9.17) is 0 Å². The number of rotatable bonds is 3.